The standard InChI is InChI=1S/C29H36N4O6/c1-28(2,3)39-26(36)32-29(14-6-5-7-15-29)25(35)31-21(24(30)34)16-18-8-10-19(11-9-18)20-12-13-23-22(17-20)33(4)27(37)38-23/h8-13,17,21H,5-7,14-16H2,1-4H3,(H2,30,34)(H,31,35)(H,32,36)/t21-/m0/s1. The van der Waals surface area contributed by atoms with Gasteiger partial charge in [-0.15, -0.1) is 0 Å². The van der Waals surface area contributed by atoms with Gasteiger partial charge in [0.1, 0.15) is 17.2 Å². The fourth-order valence-electron chi connectivity index (χ4n) is 4.96. The molecule has 1 aliphatic carbocycles. The first-order valence-corrected chi connectivity index (χ1v) is 13.2. The molecule has 1 saturated carbocycles. The maximum Gasteiger partial charge on any atom is 0.419 e. The van der Waals surface area contributed by atoms with Crippen LogP contribution in [0.2, 0.25) is 0 Å². The summed E-state index contributed by atoms with van der Waals surface area (Å²) in [5.74, 6) is -1.53. The van der Waals surface area contributed by atoms with Crippen LogP contribution in [0.3, 0.4) is 0 Å². The minimum Gasteiger partial charge on any atom is -0.444 e. The average Bonchev–Trinajstić information content (AvgIpc) is 3.16. The Morgan fingerprint density at radius 3 is 2.31 bits per heavy atom. The fraction of sp³-hybridized carbons (Fsp3) is 0.448. The number of primary amides is 1. The molecule has 1 fully saturated rings. The van der Waals surface area contributed by atoms with Crippen LogP contribution in [0.5, 0.6) is 0 Å². The van der Waals surface area contributed by atoms with Crippen molar-refractivity contribution in [3.8, 4) is 11.1 Å². The Morgan fingerprint density at radius 1 is 1.05 bits per heavy atom. The highest BCUT2D eigenvalue weighted by atomic mass is 16.6. The quantitative estimate of drug-likeness (QED) is 0.421. The van der Waals surface area contributed by atoms with E-state index in [9.17, 15) is 19.2 Å². The van der Waals surface area contributed by atoms with Crippen LogP contribution in [0.4, 0.5) is 4.79 Å². The normalized spacial score (nSPS) is 15.9. The van der Waals surface area contributed by atoms with Crippen LogP contribution in [-0.4, -0.2) is 39.7 Å². The number of hydrogen-bond donors (Lipinski definition) is 3. The number of aryl methyl sites for hydroxylation is 1. The third kappa shape index (κ3) is 6.50. The Hall–Kier alpha value is -4.08. The first-order chi connectivity index (χ1) is 18.4. The fourth-order valence-corrected chi connectivity index (χ4v) is 4.96. The highest BCUT2D eigenvalue weighted by molar-refractivity contribution is 5.94. The van der Waals surface area contributed by atoms with Crippen molar-refractivity contribution in [3.05, 3.63) is 58.6 Å². The van der Waals surface area contributed by atoms with E-state index in [0.717, 1.165) is 36.0 Å². The van der Waals surface area contributed by atoms with Gasteiger partial charge in [0, 0.05) is 13.5 Å². The molecule has 0 radical (unpaired) electrons. The van der Waals surface area contributed by atoms with E-state index in [1.54, 1.807) is 33.9 Å². The van der Waals surface area contributed by atoms with Gasteiger partial charge in [-0.25, -0.2) is 9.59 Å². The van der Waals surface area contributed by atoms with E-state index in [1.165, 1.54) is 4.57 Å². The maximum absolute atomic E-state index is 13.5. The minimum atomic E-state index is -1.16. The lowest BCUT2D eigenvalue weighted by atomic mass is 9.80. The third-order valence-corrected chi connectivity index (χ3v) is 7.05. The number of nitrogens with two attached hydrogens (primary N) is 1. The van der Waals surface area contributed by atoms with Crippen molar-refractivity contribution in [1.82, 2.24) is 15.2 Å². The Morgan fingerprint density at radius 2 is 1.69 bits per heavy atom. The van der Waals surface area contributed by atoms with Crippen LogP contribution in [0.25, 0.3) is 22.2 Å². The zero-order chi connectivity index (χ0) is 28.4. The van der Waals surface area contributed by atoms with Crippen LogP contribution >= 0.6 is 0 Å². The number of aromatic nitrogens is 1. The largest absolute Gasteiger partial charge is 0.444 e. The van der Waals surface area contributed by atoms with Crippen molar-refractivity contribution >= 4 is 29.0 Å². The Kier molecular flexibility index (Phi) is 7.85. The number of benzene rings is 2. The lowest BCUT2D eigenvalue weighted by Crippen LogP contribution is -2.63. The number of carbonyl (C=O) groups is 3. The van der Waals surface area contributed by atoms with E-state index in [0.29, 0.717) is 23.9 Å². The monoisotopic (exact) mass is 536 g/mol. The Labute approximate surface area is 226 Å². The van der Waals surface area contributed by atoms with E-state index >= 15 is 0 Å². The van der Waals surface area contributed by atoms with Crippen molar-refractivity contribution in [2.45, 2.75) is 76.5 Å². The van der Waals surface area contributed by atoms with Crippen LogP contribution in [0, 0.1) is 0 Å². The molecule has 0 saturated heterocycles. The number of ether oxygens (including phenoxy) is 1. The summed E-state index contributed by atoms with van der Waals surface area (Å²) in [5, 5.41) is 5.58. The molecule has 0 spiro atoms. The second kappa shape index (κ2) is 11.0. The van der Waals surface area contributed by atoms with E-state index < -0.39 is 40.8 Å². The van der Waals surface area contributed by atoms with Gasteiger partial charge in [0.15, 0.2) is 5.58 Å². The van der Waals surface area contributed by atoms with Crippen molar-refractivity contribution in [3.63, 3.8) is 0 Å². The molecule has 10 heteroatoms. The van der Waals surface area contributed by atoms with Gasteiger partial charge in [-0.2, -0.15) is 0 Å². The van der Waals surface area contributed by atoms with Gasteiger partial charge in [0.2, 0.25) is 11.8 Å². The summed E-state index contributed by atoms with van der Waals surface area (Å²) in [7, 11) is 1.65. The summed E-state index contributed by atoms with van der Waals surface area (Å²) in [6, 6.07) is 12.1. The van der Waals surface area contributed by atoms with Crippen LogP contribution in [0.1, 0.15) is 58.4 Å². The highest BCUT2D eigenvalue weighted by Crippen LogP contribution is 2.30. The average molecular weight is 537 g/mol. The summed E-state index contributed by atoms with van der Waals surface area (Å²) in [5.41, 5.74) is 7.63. The van der Waals surface area contributed by atoms with Crippen LogP contribution < -0.4 is 22.1 Å². The van der Waals surface area contributed by atoms with Gasteiger partial charge in [-0.3, -0.25) is 14.2 Å². The van der Waals surface area contributed by atoms with Crippen molar-refractivity contribution in [2.24, 2.45) is 12.8 Å². The molecular formula is C29H36N4O6. The predicted molar refractivity (Wildman–Crippen MR) is 147 cm³/mol. The molecular weight excluding hydrogens is 500 g/mol. The first-order valence-electron chi connectivity index (χ1n) is 13.2. The molecule has 0 unspecified atom stereocenters. The predicted octanol–water partition coefficient (Wildman–Crippen LogP) is 3.54. The number of hydrogen-bond acceptors (Lipinski definition) is 6. The van der Waals surface area contributed by atoms with Gasteiger partial charge >= 0.3 is 11.8 Å². The zero-order valence-corrected chi connectivity index (χ0v) is 22.8. The van der Waals surface area contributed by atoms with E-state index in [-0.39, 0.29) is 6.42 Å². The smallest absolute Gasteiger partial charge is 0.419 e. The van der Waals surface area contributed by atoms with Crippen LogP contribution in [0.15, 0.2) is 51.7 Å². The number of nitrogens with one attached hydrogen (secondary N) is 2. The molecule has 0 aliphatic heterocycles. The number of alkyl carbamates (subject to hydrolysis) is 1. The maximum atomic E-state index is 13.5. The number of oxazole rings is 1. The SMILES string of the molecule is Cn1c(=O)oc2ccc(-c3ccc(C[C@H](NC(=O)C4(NC(=O)OC(C)(C)C)CCCCC4)C(N)=O)cc3)cc21. The number of nitrogens with zero attached hydrogens (tertiary/aromatic N) is 1. The molecule has 208 valence electrons. The van der Waals surface area contributed by atoms with Gasteiger partial charge in [-0.1, -0.05) is 49.6 Å². The zero-order valence-electron chi connectivity index (χ0n) is 22.8. The number of carbonyl (C=O) groups excluding carboxylic acids is 3. The lowest BCUT2D eigenvalue weighted by Gasteiger charge is -2.37. The second-order valence-corrected chi connectivity index (χ2v) is 11.2. The molecule has 1 aromatic heterocycles. The van der Waals surface area contributed by atoms with E-state index in [2.05, 4.69) is 10.6 Å². The van der Waals surface area contributed by atoms with Gasteiger partial charge < -0.3 is 25.5 Å². The van der Waals surface area contributed by atoms with Crippen LogP contribution in [-0.2, 0) is 27.8 Å². The lowest BCUT2D eigenvalue weighted by molar-refractivity contribution is -0.133. The molecule has 3 amide bonds. The Bertz CT molecular complexity index is 1420. The van der Waals surface area contributed by atoms with Gasteiger partial charge in [0.05, 0.1) is 5.52 Å². The molecule has 3 aromatic rings. The highest BCUT2D eigenvalue weighted by Gasteiger charge is 2.43. The van der Waals surface area contributed by atoms with E-state index in [1.807, 2.05) is 36.4 Å². The van der Waals surface area contributed by atoms with Gasteiger partial charge in [0.25, 0.3) is 0 Å². The third-order valence-electron chi connectivity index (χ3n) is 7.05. The molecule has 0 bridgehead atoms. The van der Waals surface area contributed by atoms with E-state index in [4.69, 9.17) is 14.9 Å². The molecule has 1 aliphatic rings. The minimum absolute atomic E-state index is 0.194. The molecule has 10 nitrogen and oxygen atoms in total. The number of fused-ring (bicyclic) bond motifs is 1. The summed E-state index contributed by atoms with van der Waals surface area (Å²) in [6.45, 7) is 5.27. The molecule has 1 heterocycles. The molecule has 1 atom stereocenters. The van der Waals surface area contributed by atoms with Crippen molar-refractivity contribution in [2.75, 3.05) is 0 Å². The second-order valence-electron chi connectivity index (χ2n) is 11.2. The molecule has 4 N–H and O–H groups in total. The molecule has 2 aromatic carbocycles. The number of amides is 3. The summed E-state index contributed by atoms with van der Waals surface area (Å²) >= 11 is 0. The Balaban J connectivity index is 1.48. The van der Waals surface area contributed by atoms with Gasteiger partial charge in [-0.05, 0) is 62.4 Å². The molecule has 39 heavy (non-hydrogen) atoms. The first kappa shape index (κ1) is 27.9. The number of rotatable bonds is 7. The topological polar surface area (TPSA) is 146 Å². The molecule has 4 rings (SSSR count). The summed E-state index contributed by atoms with van der Waals surface area (Å²) in [4.78, 5) is 50.2. The van der Waals surface area contributed by atoms with Crippen molar-refractivity contribution in [1.29, 1.82) is 0 Å². The summed E-state index contributed by atoms with van der Waals surface area (Å²) < 4.78 is 12.0. The summed E-state index contributed by atoms with van der Waals surface area (Å²) in [6.07, 6.45) is 2.92. The van der Waals surface area contributed by atoms with Crippen molar-refractivity contribution < 1.29 is 23.5 Å².